The zero-order valence-electron chi connectivity index (χ0n) is 40.4. The molecule has 346 valence electrons. The van der Waals surface area contributed by atoms with Crippen LogP contribution >= 0.6 is 0 Å². The van der Waals surface area contributed by atoms with Gasteiger partial charge in [0.05, 0.1) is 44.5 Å². The second-order valence-corrected chi connectivity index (χ2v) is 20.1. The Morgan fingerprint density at radius 2 is 0.662 bits per heavy atom. The lowest BCUT2D eigenvalue weighted by molar-refractivity contribution is 0.668. The standard InChI is InChI=1S/C68H42N4O2/c1-39-27-31-51-45-19-9-11-25-61(45)73-67(51)63(39)69(41-15-5-3-6-16-41)43-29-33-57-53(35-43)47-21-13-23-49-55-38-60-56(37-59(55)71(57)65(47)49)50-24-14-22-48-54-36-44(30-34-58(54)72(60)66(48)50)70(42-17-7-4-8-18-42)64-40(2)28-32-52-46-20-10-12-26-62(46)74-68(52)64/h3-38H,1-2H3. The predicted molar refractivity (Wildman–Crippen MR) is 309 cm³/mol. The highest BCUT2D eigenvalue weighted by molar-refractivity contribution is 6.29. The Hall–Kier alpha value is -9.78. The smallest absolute Gasteiger partial charge is 0.159 e. The summed E-state index contributed by atoms with van der Waals surface area (Å²) in [5.41, 5.74) is 19.5. The zero-order chi connectivity index (χ0) is 48.5. The van der Waals surface area contributed by atoms with E-state index in [-0.39, 0.29) is 0 Å². The number of aromatic nitrogens is 2. The van der Waals surface area contributed by atoms with Crippen LogP contribution in [0.25, 0.3) is 120 Å². The SMILES string of the molecule is Cc1ccc2c(oc3ccccc32)c1N(c1ccccc1)c1ccc2c(c1)c1cccc3c4cc5c(cc4n2c13)c1cccc2c3cc(N(c4ccccc4)c4c(C)ccc6c4oc4ccccc46)ccc3n5c21. The van der Waals surface area contributed by atoms with Crippen LogP contribution in [0.2, 0.25) is 0 Å². The van der Waals surface area contributed by atoms with Gasteiger partial charge in [-0.15, -0.1) is 0 Å². The van der Waals surface area contributed by atoms with E-state index < -0.39 is 0 Å². The fourth-order valence-electron chi connectivity index (χ4n) is 13.0. The first kappa shape index (κ1) is 39.9. The fourth-order valence-corrected chi connectivity index (χ4v) is 13.0. The molecule has 0 unspecified atom stereocenters. The first-order valence-electron chi connectivity index (χ1n) is 25.4. The Labute approximate surface area is 423 Å². The Morgan fingerprint density at radius 1 is 0.284 bits per heavy atom. The molecule has 6 heteroatoms. The van der Waals surface area contributed by atoms with E-state index in [1.165, 1.54) is 76.2 Å². The summed E-state index contributed by atoms with van der Waals surface area (Å²) in [5, 5.41) is 14.4. The number of nitrogens with zero attached hydrogens (tertiary/aromatic N) is 4. The lowest BCUT2D eigenvalue weighted by Crippen LogP contribution is -2.11. The maximum Gasteiger partial charge on any atom is 0.159 e. The molecule has 17 rings (SSSR count). The summed E-state index contributed by atoms with van der Waals surface area (Å²) in [6.07, 6.45) is 0. The van der Waals surface area contributed by atoms with Crippen molar-refractivity contribution in [2.45, 2.75) is 13.8 Å². The van der Waals surface area contributed by atoms with Crippen molar-refractivity contribution < 1.29 is 8.83 Å². The van der Waals surface area contributed by atoms with Gasteiger partial charge in [-0.2, -0.15) is 0 Å². The van der Waals surface area contributed by atoms with Crippen LogP contribution in [-0.4, -0.2) is 8.80 Å². The number of fused-ring (bicyclic) bond motifs is 18. The van der Waals surface area contributed by atoms with Crippen molar-refractivity contribution in [3.05, 3.63) is 230 Å². The number of benzene rings is 11. The van der Waals surface area contributed by atoms with Gasteiger partial charge in [0.25, 0.3) is 0 Å². The topological polar surface area (TPSA) is 41.6 Å². The number of para-hydroxylation sites is 6. The van der Waals surface area contributed by atoms with Crippen molar-refractivity contribution >= 4 is 154 Å². The van der Waals surface area contributed by atoms with Crippen LogP contribution < -0.4 is 9.80 Å². The average molecular weight is 947 g/mol. The predicted octanol–water partition coefficient (Wildman–Crippen LogP) is 19.3. The van der Waals surface area contributed by atoms with Gasteiger partial charge < -0.3 is 27.4 Å². The van der Waals surface area contributed by atoms with Crippen LogP contribution in [0.15, 0.2) is 227 Å². The minimum atomic E-state index is 0.888. The van der Waals surface area contributed by atoms with Gasteiger partial charge in [0.1, 0.15) is 11.2 Å². The van der Waals surface area contributed by atoms with Gasteiger partial charge in [0.15, 0.2) is 11.2 Å². The highest BCUT2D eigenvalue weighted by Gasteiger charge is 2.27. The van der Waals surface area contributed by atoms with E-state index in [1.807, 2.05) is 12.1 Å². The molecule has 0 amide bonds. The summed E-state index contributed by atoms with van der Waals surface area (Å²) < 4.78 is 18.5. The van der Waals surface area contributed by atoms with E-state index in [4.69, 9.17) is 8.83 Å². The van der Waals surface area contributed by atoms with E-state index in [1.54, 1.807) is 0 Å². The molecule has 17 aromatic rings. The lowest BCUT2D eigenvalue weighted by Gasteiger charge is -2.27. The van der Waals surface area contributed by atoms with Gasteiger partial charge in [0.2, 0.25) is 0 Å². The molecule has 0 atom stereocenters. The number of rotatable bonds is 6. The molecule has 74 heavy (non-hydrogen) atoms. The first-order chi connectivity index (χ1) is 36.6. The summed E-state index contributed by atoms with van der Waals surface area (Å²) in [4.78, 5) is 4.76. The van der Waals surface area contributed by atoms with Crippen molar-refractivity contribution in [3.8, 4) is 0 Å². The summed E-state index contributed by atoms with van der Waals surface area (Å²) in [6.45, 7) is 4.37. The van der Waals surface area contributed by atoms with Crippen molar-refractivity contribution in [3.63, 3.8) is 0 Å². The van der Waals surface area contributed by atoms with E-state index >= 15 is 0 Å². The van der Waals surface area contributed by atoms with E-state index in [9.17, 15) is 0 Å². The quantitative estimate of drug-likeness (QED) is 0.167. The molecule has 6 nitrogen and oxygen atoms in total. The number of furan rings is 2. The van der Waals surface area contributed by atoms with Gasteiger partial charge >= 0.3 is 0 Å². The maximum atomic E-state index is 6.73. The van der Waals surface area contributed by atoms with Gasteiger partial charge in [-0.3, -0.25) is 0 Å². The third kappa shape index (κ3) is 5.18. The summed E-state index contributed by atoms with van der Waals surface area (Å²) in [6, 6.07) is 79.5. The van der Waals surface area contributed by atoms with E-state index in [2.05, 4.69) is 239 Å². The van der Waals surface area contributed by atoms with Crippen molar-refractivity contribution in [1.82, 2.24) is 8.80 Å². The minimum absolute atomic E-state index is 0.888. The number of anilines is 6. The van der Waals surface area contributed by atoms with Crippen LogP contribution in [0, 0.1) is 13.8 Å². The van der Waals surface area contributed by atoms with Gasteiger partial charge in [-0.25, -0.2) is 0 Å². The molecule has 0 spiro atoms. The molecular formula is C68H42N4O2. The third-order valence-corrected chi connectivity index (χ3v) is 16.2. The first-order valence-corrected chi connectivity index (χ1v) is 25.4. The van der Waals surface area contributed by atoms with Crippen molar-refractivity contribution in [2.24, 2.45) is 0 Å². The van der Waals surface area contributed by atoms with Gasteiger partial charge in [0, 0.05) is 87.4 Å². The lowest BCUT2D eigenvalue weighted by atomic mass is 10.0. The minimum Gasteiger partial charge on any atom is -0.454 e. The molecule has 6 heterocycles. The van der Waals surface area contributed by atoms with Crippen molar-refractivity contribution in [2.75, 3.05) is 9.80 Å². The molecule has 0 saturated heterocycles. The monoisotopic (exact) mass is 946 g/mol. The summed E-state index contributed by atoms with van der Waals surface area (Å²) in [7, 11) is 0. The molecular weight excluding hydrogens is 905 g/mol. The molecule has 0 aliphatic rings. The van der Waals surface area contributed by atoms with Crippen LogP contribution in [0.1, 0.15) is 11.1 Å². The van der Waals surface area contributed by atoms with Crippen molar-refractivity contribution in [1.29, 1.82) is 0 Å². The molecule has 0 aliphatic carbocycles. The van der Waals surface area contributed by atoms with Gasteiger partial charge in [-0.1, -0.05) is 133 Å². The van der Waals surface area contributed by atoms with Crippen LogP contribution in [0.4, 0.5) is 34.1 Å². The molecule has 0 radical (unpaired) electrons. The zero-order valence-corrected chi connectivity index (χ0v) is 40.4. The maximum absolute atomic E-state index is 6.73. The number of hydrogen-bond donors (Lipinski definition) is 0. The van der Waals surface area contributed by atoms with Crippen LogP contribution in [-0.2, 0) is 0 Å². The molecule has 0 fully saturated rings. The molecule has 0 saturated carbocycles. The highest BCUT2D eigenvalue weighted by atomic mass is 16.3. The highest BCUT2D eigenvalue weighted by Crippen LogP contribution is 2.50. The third-order valence-electron chi connectivity index (χ3n) is 16.2. The van der Waals surface area contributed by atoms with Gasteiger partial charge in [-0.05, 0) is 110 Å². The fraction of sp³-hybridized carbons (Fsp3) is 0.0294. The molecule has 6 aromatic heterocycles. The van der Waals surface area contributed by atoms with E-state index in [0.29, 0.717) is 0 Å². The second-order valence-electron chi connectivity index (χ2n) is 20.1. The Balaban J connectivity index is 0.867. The largest absolute Gasteiger partial charge is 0.454 e. The molecule has 0 N–H and O–H groups in total. The van der Waals surface area contributed by atoms with Crippen LogP contribution in [0.3, 0.4) is 0 Å². The molecule has 0 aliphatic heterocycles. The number of aryl methyl sites for hydroxylation is 2. The Bertz CT molecular complexity index is 4850. The van der Waals surface area contributed by atoms with Crippen LogP contribution in [0.5, 0.6) is 0 Å². The molecule has 11 aromatic carbocycles. The number of hydrogen-bond acceptors (Lipinski definition) is 4. The average Bonchev–Trinajstić information content (AvgIpc) is 4.39. The molecule has 0 bridgehead atoms. The Kier molecular flexibility index (Phi) is 7.78. The van der Waals surface area contributed by atoms with E-state index in [0.717, 1.165) is 89.1 Å². The second kappa shape index (κ2) is 14.4. The summed E-state index contributed by atoms with van der Waals surface area (Å²) in [5.74, 6) is 0. The Morgan fingerprint density at radius 3 is 1.09 bits per heavy atom. The normalized spacial score (nSPS) is 12.5. The summed E-state index contributed by atoms with van der Waals surface area (Å²) >= 11 is 0.